The van der Waals surface area contributed by atoms with Crippen LogP contribution in [0, 0.1) is 0 Å². The number of methoxy groups -OCH3 is 1. The number of para-hydroxylation sites is 1. The largest absolute Gasteiger partial charge is 0.497 e. The first kappa shape index (κ1) is 16.1. The van der Waals surface area contributed by atoms with Gasteiger partial charge in [0.2, 0.25) is 15.9 Å². The summed E-state index contributed by atoms with van der Waals surface area (Å²) in [5.41, 5.74) is 0.846. The van der Waals surface area contributed by atoms with Crippen molar-refractivity contribution in [2.45, 2.75) is 16.7 Å². The summed E-state index contributed by atoms with van der Waals surface area (Å²) in [4.78, 5) is 12.8. The number of fused-ring (bicyclic) bond motifs is 2. The lowest BCUT2D eigenvalue weighted by molar-refractivity contribution is -0.120. The Hall–Kier alpha value is -2.38. The van der Waals surface area contributed by atoms with Crippen molar-refractivity contribution in [2.75, 3.05) is 25.5 Å². The van der Waals surface area contributed by atoms with Crippen LogP contribution in [0.5, 0.6) is 5.75 Å². The quantitative estimate of drug-likeness (QED) is 0.910. The van der Waals surface area contributed by atoms with Crippen LogP contribution in [0.15, 0.2) is 53.4 Å². The lowest BCUT2D eigenvalue weighted by atomic mass is 9.81. The number of amides is 1. The molecule has 25 heavy (non-hydrogen) atoms. The molecular weight excluding hydrogens is 340 g/mol. The molecule has 0 saturated carbocycles. The van der Waals surface area contributed by atoms with Gasteiger partial charge < -0.3 is 10.1 Å². The number of nitrogens with zero attached hydrogens (tertiary/aromatic N) is 1. The molecule has 1 saturated heterocycles. The summed E-state index contributed by atoms with van der Waals surface area (Å²) >= 11 is 0. The predicted molar refractivity (Wildman–Crippen MR) is 93.1 cm³/mol. The molecule has 0 bridgehead atoms. The van der Waals surface area contributed by atoms with Gasteiger partial charge in [-0.1, -0.05) is 24.3 Å². The number of carbonyl (C=O) groups excluding carboxylic acids is 1. The van der Waals surface area contributed by atoms with E-state index in [1.807, 2.05) is 24.3 Å². The molecule has 1 fully saturated rings. The molecule has 2 aromatic carbocycles. The second kappa shape index (κ2) is 5.57. The minimum atomic E-state index is -3.69. The maximum absolute atomic E-state index is 13.0. The van der Waals surface area contributed by atoms with Gasteiger partial charge >= 0.3 is 0 Å². The van der Waals surface area contributed by atoms with E-state index in [0.717, 1.165) is 11.3 Å². The zero-order valence-electron chi connectivity index (χ0n) is 13.7. The minimum absolute atomic E-state index is 0.128. The Balaban J connectivity index is 1.70. The Morgan fingerprint density at radius 3 is 2.76 bits per heavy atom. The van der Waals surface area contributed by atoms with Crippen LogP contribution in [0.1, 0.15) is 12.0 Å². The highest BCUT2D eigenvalue weighted by Crippen LogP contribution is 2.45. The van der Waals surface area contributed by atoms with Crippen LogP contribution < -0.4 is 10.1 Å². The average Bonchev–Trinajstić information content (AvgIpc) is 3.20. The van der Waals surface area contributed by atoms with Gasteiger partial charge in [-0.05, 0) is 30.2 Å². The first-order valence-electron chi connectivity index (χ1n) is 8.02. The number of hydrogen-bond donors (Lipinski definition) is 1. The van der Waals surface area contributed by atoms with Crippen molar-refractivity contribution in [1.82, 2.24) is 4.31 Å². The molecule has 130 valence electrons. The van der Waals surface area contributed by atoms with E-state index >= 15 is 0 Å². The lowest BCUT2D eigenvalue weighted by Crippen LogP contribution is -2.39. The number of sulfonamides is 1. The summed E-state index contributed by atoms with van der Waals surface area (Å²) in [6.07, 6.45) is 0.471. The molecule has 7 heteroatoms. The molecule has 0 aromatic heterocycles. The maximum Gasteiger partial charge on any atom is 0.243 e. The highest BCUT2D eigenvalue weighted by molar-refractivity contribution is 7.89. The van der Waals surface area contributed by atoms with Gasteiger partial charge in [-0.15, -0.1) is 0 Å². The zero-order valence-corrected chi connectivity index (χ0v) is 14.5. The van der Waals surface area contributed by atoms with Crippen molar-refractivity contribution in [1.29, 1.82) is 0 Å². The third-order valence-corrected chi connectivity index (χ3v) is 6.88. The van der Waals surface area contributed by atoms with Crippen LogP contribution in [0.4, 0.5) is 5.69 Å². The van der Waals surface area contributed by atoms with E-state index in [-0.39, 0.29) is 17.3 Å². The van der Waals surface area contributed by atoms with Gasteiger partial charge in [0.1, 0.15) is 5.75 Å². The fourth-order valence-corrected chi connectivity index (χ4v) is 5.21. The first-order valence-corrected chi connectivity index (χ1v) is 9.46. The standard InChI is InChI=1S/C18H18N2O4S/c1-24-13-5-4-6-14(11-13)25(22,23)20-10-9-18(12-20)15-7-2-3-8-16(15)19-17(18)21/h2-8,11H,9-10,12H2,1H3,(H,19,21). The molecule has 2 heterocycles. The van der Waals surface area contributed by atoms with Crippen molar-refractivity contribution in [2.24, 2.45) is 0 Å². The molecule has 0 radical (unpaired) electrons. The molecule has 2 aromatic rings. The first-order chi connectivity index (χ1) is 12.0. The van der Waals surface area contributed by atoms with E-state index in [9.17, 15) is 13.2 Å². The number of rotatable bonds is 3. The molecule has 1 atom stereocenters. The summed E-state index contributed by atoms with van der Waals surface area (Å²) in [6, 6.07) is 13.9. The minimum Gasteiger partial charge on any atom is -0.497 e. The maximum atomic E-state index is 13.0. The molecule has 4 rings (SSSR count). The molecule has 2 aliphatic rings. The Morgan fingerprint density at radius 1 is 1.16 bits per heavy atom. The Labute approximate surface area is 146 Å². The molecule has 0 aliphatic carbocycles. The van der Waals surface area contributed by atoms with E-state index in [0.29, 0.717) is 18.7 Å². The number of benzene rings is 2. The molecular formula is C18H18N2O4S. The van der Waals surface area contributed by atoms with Crippen molar-refractivity contribution < 1.29 is 17.9 Å². The Kier molecular flexibility index (Phi) is 3.59. The number of anilines is 1. The van der Waals surface area contributed by atoms with Crippen molar-refractivity contribution in [3.05, 3.63) is 54.1 Å². The molecule has 1 amide bonds. The summed E-state index contributed by atoms with van der Waals surface area (Å²) < 4.78 is 32.5. The SMILES string of the molecule is COc1cccc(S(=O)(=O)N2CCC3(C2)C(=O)Nc2ccccc23)c1. The second-order valence-electron chi connectivity index (χ2n) is 6.35. The molecule has 2 aliphatic heterocycles. The summed E-state index contributed by atoms with van der Waals surface area (Å²) in [6.45, 7) is 0.455. The van der Waals surface area contributed by atoms with Gasteiger partial charge in [0, 0.05) is 24.8 Å². The monoisotopic (exact) mass is 358 g/mol. The third-order valence-electron chi connectivity index (χ3n) is 5.04. The average molecular weight is 358 g/mol. The highest BCUT2D eigenvalue weighted by Gasteiger charge is 2.53. The van der Waals surface area contributed by atoms with E-state index < -0.39 is 15.4 Å². The number of hydrogen-bond acceptors (Lipinski definition) is 4. The van der Waals surface area contributed by atoms with Crippen LogP contribution in [0.25, 0.3) is 0 Å². The second-order valence-corrected chi connectivity index (χ2v) is 8.29. The lowest BCUT2D eigenvalue weighted by Gasteiger charge is -2.22. The normalized spacial score (nSPS) is 22.8. The predicted octanol–water partition coefficient (Wildman–Crippen LogP) is 1.98. The number of nitrogens with one attached hydrogen (secondary N) is 1. The van der Waals surface area contributed by atoms with E-state index in [1.54, 1.807) is 18.2 Å². The summed E-state index contributed by atoms with van der Waals surface area (Å²) in [7, 11) is -2.19. The fourth-order valence-electron chi connectivity index (χ4n) is 3.67. The van der Waals surface area contributed by atoms with E-state index in [2.05, 4.69) is 5.32 Å². The van der Waals surface area contributed by atoms with Crippen LogP contribution in [0.2, 0.25) is 0 Å². The topological polar surface area (TPSA) is 75.7 Å². The molecule has 1 N–H and O–H groups in total. The zero-order chi connectivity index (χ0) is 17.7. The van der Waals surface area contributed by atoms with Gasteiger partial charge in [-0.25, -0.2) is 8.42 Å². The molecule has 1 unspecified atom stereocenters. The van der Waals surface area contributed by atoms with Crippen molar-refractivity contribution >= 4 is 21.6 Å². The van der Waals surface area contributed by atoms with Gasteiger partial charge in [-0.3, -0.25) is 4.79 Å². The van der Waals surface area contributed by atoms with Crippen molar-refractivity contribution in [3.63, 3.8) is 0 Å². The Bertz CT molecular complexity index is 957. The van der Waals surface area contributed by atoms with Crippen molar-refractivity contribution in [3.8, 4) is 5.75 Å². The highest BCUT2D eigenvalue weighted by atomic mass is 32.2. The number of ether oxygens (including phenoxy) is 1. The molecule has 6 nitrogen and oxygen atoms in total. The molecule has 1 spiro atoms. The van der Waals surface area contributed by atoms with E-state index in [1.165, 1.54) is 17.5 Å². The van der Waals surface area contributed by atoms with Crippen LogP contribution in [0.3, 0.4) is 0 Å². The van der Waals surface area contributed by atoms with E-state index in [4.69, 9.17) is 4.74 Å². The summed E-state index contributed by atoms with van der Waals surface area (Å²) in [5, 5.41) is 2.88. The Morgan fingerprint density at radius 2 is 1.96 bits per heavy atom. The van der Waals surface area contributed by atoms with Crippen LogP contribution in [-0.4, -0.2) is 38.8 Å². The van der Waals surface area contributed by atoms with Crippen LogP contribution in [-0.2, 0) is 20.2 Å². The fraction of sp³-hybridized carbons (Fsp3) is 0.278. The van der Waals surface area contributed by atoms with Gasteiger partial charge in [0.15, 0.2) is 0 Å². The van der Waals surface area contributed by atoms with Gasteiger partial charge in [0.05, 0.1) is 17.4 Å². The third kappa shape index (κ3) is 2.34. The van der Waals surface area contributed by atoms with Gasteiger partial charge in [-0.2, -0.15) is 4.31 Å². The van der Waals surface area contributed by atoms with Crippen LogP contribution >= 0.6 is 0 Å². The summed E-state index contributed by atoms with van der Waals surface area (Å²) in [5.74, 6) is 0.357. The van der Waals surface area contributed by atoms with Gasteiger partial charge in [0.25, 0.3) is 0 Å². The smallest absolute Gasteiger partial charge is 0.243 e. The number of carbonyl (C=O) groups is 1.